The molecule has 3 amide bonds. The van der Waals surface area contributed by atoms with Gasteiger partial charge in [-0.1, -0.05) is 0 Å². The van der Waals surface area contributed by atoms with Crippen molar-refractivity contribution in [2.75, 3.05) is 6.54 Å². The quantitative estimate of drug-likeness (QED) is 0.555. The maximum absolute atomic E-state index is 11.5. The molecule has 74 valence electrons. The first-order chi connectivity index (χ1) is 6.69. The summed E-state index contributed by atoms with van der Waals surface area (Å²) in [7, 11) is 0. The van der Waals surface area contributed by atoms with E-state index in [0.29, 0.717) is 5.01 Å². The standard InChI is InChI=1S/C7H8N4O2S/c8-3-7(5-9-1-2-14-5)4(12)10-6(13)11-7/h1-2H,3,8H2,(H2,10,11,12,13). The minimum atomic E-state index is -1.18. The molecule has 1 aliphatic heterocycles. The lowest BCUT2D eigenvalue weighted by Gasteiger charge is -2.20. The maximum Gasteiger partial charge on any atom is 0.322 e. The largest absolute Gasteiger partial charge is 0.327 e. The van der Waals surface area contributed by atoms with Crippen LogP contribution in [0.5, 0.6) is 0 Å². The van der Waals surface area contributed by atoms with E-state index in [1.165, 1.54) is 11.3 Å². The molecule has 1 aliphatic rings. The molecular weight excluding hydrogens is 204 g/mol. The van der Waals surface area contributed by atoms with Crippen molar-refractivity contribution in [3.8, 4) is 0 Å². The monoisotopic (exact) mass is 212 g/mol. The Bertz CT molecular complexity index is 377. The molecular formula is C7H8N4O2S. The van der Waals surface area contributed by atoms with Crippen LogP contribution in [0.15, 0.2) is 11.6 Å². The van der Waals surface area contributed by atoms with Gasteiger partial charge in [0.05, 0.1) is 0 Å². The highest BCUT2D eigenvalue weighted by atomic mass is 32.1. The molecule has 1 fully saturated rings. The topological polar surface area (TPSA) is 97.1 Å². The second-order valence-electron chi connectivity index (χ2n) is 2.85. The minimum Gasteiger partial charge on any atom is -0.327 e. The zero-order chi connectivity index (χ0) is 10.2. The SMILES string of the molecule is NCC1(c2nccs2)NC(=O)NC1=O. The molecule has 0 saturated carbocycles. The summed E-state index contributed by atoms with van der Waals surface area (Å²) in [6.45, 7) is -0.00190. The first kappa shape index (κ1) is 9.10. The van der Waals surface area contributed by atoms with E-state index in [-0.39, 0.29) is 6.54 Å². The Balaban J connectivity index is 2.45. The fourth-order valence-electron chi connectivity index (χ4n) is 1.31. The number of carbonyl (C=O) groups is 2. The van der Waals surface area contributed by atoms with E-state index in [1.807, 2.05) is 0 Å². The van der Waals surface area contributed by atoms with Crippen LogP contribution in [0.1, 0.15) is 5.01 Å². The average Bonchev–Trinajstić information content (AvgIpc) is 2.73. The van der Waals surface area contributed by atoms with Crippen LogP contribution in [0.2, 0.25) is 0 Å². The van der Waals surface area contributed by atoms with Gasteiger partial charge in [-0.2, -0.15) is 0 Å². The molecule has 0 aliphatic carbocycles. The lowest BCUT2D eigenvalue weighted by molar-refractivity contribution is -0.123. The Morgan fingerprint density at radius 2 is 2.36 bits per heavy atom. The molecule has 14 heavy (non-hydrogen) atoms. The van der Waals surface area contributed by atoms with E-state index in [1.54, 1.807) is 11.6 Å². The number of nitrogens with one attached hydrogen (secondary N) is 2. The summed E-state index contributed by atoms with van der Waals surface area (Å²) in [6.07, 6.45) is 1.56. The third-order valence-corrected chi connectivity index (χ3v) is 2.98. The van der Waals surface area contributed by atoms with Gasteiger partial charge in [0.1, 0.15) is 5.01 Å². The van der Waals surface area contributed by atoms with Crippen LogP contribution in [0.3, 0.4) is 0 Å². The molecule has 1 aromatic rings. The lowest BCUT2D eigenvalue weighted by atomic mass is 10.0. The third-order valence-electron chi connectivity index (χ3n) is 2.05. The molecule has 4 N–H and O–H groups in total. The number of amides is 3. The summed E-state index contributed by atoms with van der Waals surface area (Å²) >= 11 is 1.28. The molecule has 1 saturated heterocycles. The number of aromatic nitrogens is 1. The molecule has 0 radical (unpaired) electrons. The van der Waals surface area contributed by atoms with Crippen molar-refractivity contribution in [3.63, 3.8) is 0 Å². The number of imide groups is 1. The lowest BCUT2D eigenvalue weighted by Crippen LogP contribution is -2.49. The van der Waals surface area contributed by atoms with Crippen molar-refractivity contribution in [2.45, 2.75) is 5.54 Å². The summed E-state index contributed by atoms with van der Waals surface area (Å²) in [5.74, 6) is -0.444. The van der Waals surface area contributed by atoms with E-state index in [2.05, 4.69) is 15.6 Å². The molecule has 2 rings (SSSR count). The van der Waals surface area contributed by atoms with E-state index < -0.39 is 17.5 Å². The number of nitrogens with zero attached hydrogens (tertiary/aromatic N) is 1. The molecule has 0 aromatic carbocycles. The van der Waals surface area contributed by atoms with Crippen molar-refractivity contribution >= 4 is 23.3 Å². The number of thiazole rings is 1. The van der Waals surface area contributed by atoms with Crippen molar-refractivity contribution in [1.29, 1.82) is 0 Å². The van der Waals surface area contributed by atoms with E-state index in [0.717, 1.165) is 0 Å². The van der Waals surface area contributed by atoms with Gasteiger partial charge in [-0.05, 0) is 0 Å². The number of rotatable bonds is 2. The maximum atomic E-state index is 11.5. The number of hydrogen-bond acceptors (Lipinski definition) is 5. The Kier molecular flexibility index (Phi) is 1.97. The fraction of sp³-hybridized carbons (Fsp3) is 0.286. The van der Waals surface area contributed by atoms with Crippen LogP contribution in [0.4, 0.5) is 4.79 Å². The Morgan fingerprint density at radius 1 is 1.57 bits per heavy atom. The van der Waals surface area contributed by atoms with Gasteiger partial charge in [0, 0.05) is 18.1 Å². The summed E-state index contributed by atoms with van der Waals surface area (Å²) < 4.78 is 0. The normalized spacial score (nSPS) is 26.1. The van der Waals surface area contributed by atoms with Crippen molar-refractivity contribution in [2.24, 2.45) is 5.73 Å². The van der Waals surface area contributed by atoms with Crippen LogP contribution < -0.4 is 16.4 Å². The van der Waals surface area contributed by atoms with Crippen molar-refractivity contribution in [1.82, 2.24) is 15.6 Å². The molecule has 1 aromatic heterocycles. The molecule has 2 heterocycles. The second-order valence-corrected chi connectivity index (χ2v) is 3.75. The summed E-state index contributed by atoms with van der Waals surface area (Å²) in [4.78, 5) is 26.5. The molecule has 1 atom stereocenters. The number of hydrogen-bond donors (Lipinski definition) is 3. The zero-order valence-corrected chi connectivity index (χ0v) is 7.93. The van der Waals surface area contributed by atoms with Crippen molar-refractivity contribution in [3.05, 3.63) is 16.6 Å². The van der Waals surface area contributed by atoms with Crippen LogP contribution in [-0.2, 0) is 10.3 Å². The minimum absolute atomic E-state index is 0.00190. The molecule has 7 heteroatoms. The van der Waals surface area contributed by atoms with Gasteiger partial charge in [0.15, 0.2) is 5.54 Å². The number of carbonyl (C=O) groups excluding carboxylic acids is 2. The van der Waals surface area contributed by atoms with Gasteiger partial charge in [-0.3, -0.25) is 10.1 Å². The van der Waals surface area contributed by atoms with Gasteiger partial charge in [-0.15, -0.1) is 11.3 Å². The molecule has 1 unspecified atom stereocenters. The van der Waals surface area contributed by atoms with E-state index >= 15 is 0 Å². The number of nitrogens with two attached hydrogens (primary N) is 1. The van der Waals surface area contributed by atoms with Crippen LogP contribution in [0.25, 0.3) is 0 Å². The second kappa shape index (κ2) is 3.03. The predicted octanol–water partition coefficient (Wildman–Crippen LogP) is -0.864. The fourth-order valence-corrected chi connectivity index (χ4v) is 2.11. The summed E-state index contributed by atoms with van der Waals surface area (Å²) in [5.41, 5.74) is 4.33. The molecule has 0 bridgehead atoms. The van der Waals surface area contributed by atoms with E-state index in [4.69, 9.17) is 5.73 Å². The predicted molar refractivity (Wildman–Crippen MR) is 49.5 cm³/mol. The zero-order valence-electron chi connectivity index (χ0n) is 7.11. The Hall–Kier alpha value is -1.47. The van der Waals surface area contributed by atoms with Crippen LogP contribution >= 0.6 is 11.3 Å². The molecule has 6 nitrogen and oxygen atoms in total. The van der Waals surface area contributed by atoms with Crippen LogP contribution in [0, 0.1) is 0 Å². The average molecular weight is 212 g/mol. The van der Waals surface area contributed by atoms with E-state index in [9.17, 15) is 9.59 Å². The first-order valence-electron chi connectivity index (χ1n) is 3.93. The van der Waals surface area contributed by atoms with Gasteiger partial charge in [-0.25, -0.2) is 9.78 Å². The van der Waals surface area contributed by atoms with Gasteiger partial charge < -0.3 is 11.1 Å². The van der Waals surface area contributed by atoms with Gasteiger partial charge in [0.2, 0.25) is 0 Å². The van der Waals surface area contributed by atoms with Crippen molar-refractivity contribution < 1.29 is 9.59 Å². The Morgan fingerprint density at radius 3 is 2.79 bits per heavy atom. The smallest absolute Gasteiger partial charge is 0.322 e. The third kappa shape index (κ3) is 1.10. The summed E-state index contributed by atoms with van der Waals surface area (Å²) in [6, 6.07) is -0.532. The highest BCUT2D eigenvalue weighted by Crippen LogP contribution is 2.25. The number of urea groups is 1. The van der Waals surface area contributed by atoms with Gasteiger partial charge >= 0.3 is 6.03 Å². The Labute approximate surface area is 83.5 Å². The highest BCUT2D eigenvalue weighted by molar-refractivity contribution is 7.09. The van der Waals surface area contributed by atoms with Gasteiger partial charge in [0.25, 0.3) is 5.91 Å². The van der Waals surface area contributed by atoms with Crippen LogP contribution in [-0.4, -0.2) is 23.5 Å². The molecule has 0 spiro atoms. The highest BCUT2D eigenvalue weighted by Gasteiger charge is 2.48. The summed E-state index contributed by atoms with van der Waals surface area (Å²) in [5, 5.41) is 6.87. The first-order valence-corrected chi connectivity index (χ1v) is 4.80.